The first-order chi connectivity index (χ1) is 7.65. The molecule has 0 aromatic heterocycles. The molecular formula is C11H18N2O3. The molecule has 2 aliphatic rings. The van der Waals surface area contributed by atoms with Crippen LogP contribution in [0.5, 0.6) is 0 Å². The molecule has 2 saturated heterocycles. The van der Waals surface area contributed by atoms with Crippen LogP contribution in [0.4, 0.5) is 4.79 Å². The van der Waals surface area contributed by atoms with Gasteiger partial charge in [0.25, 0.3) is 0 Å². The summed E-state index contributed by atoms with van der Waals surface area (Å²) in [5.41, 5.74) is -0.347. The summed E-state index contributed by atoms with van der Waals surface area (Å²) in [7, 11) is 0. The van der Waals surface area contributed by atoms with Gasteiger partial charge in [0.2, 0.25) is 5.91 Å². The molecule has 0 saturated carbocycles. The van der Waals surface area contributed by atoms with Crippen LogP contribution in [-0.2, 0) is 9.53 Å². The number of carbonyl (C=O) groups excluding carboxylic acids is 2. The van der Waals surface area contributed by atoms with Gasteiger partial charge >= 0.3 is 6.09 Å². The monoisotopic (exact) mass is 226 g/mol. The van der Waals surface area contributed by atoms with Gasteiger partial charge in [-0.25, -0.2) is 4.79 Å². The fraction of sp³-hybridized carbons (Fsp3) is 0.818. The molecule has 0 bridgehead atoms. The molecule has 0 aliphatic carbocycles. The first kappa shape index (κ1) is 11.2. The van der Waals surface area contributed by atoms with E-state index in [9.17, 15) is 9.59 Å². The topological polar surface area (TPSA) is 58.6 Å². The Bertz CT molecular complexity index is 296. The standard InChI is InChI=1S/C11H18N2O3/c1-2-3-9(14)13-6-4-11(5-7-13)8-12-10(15)16-11/h2-8H2,1H3,(H,12,15). The van der Waals surface area contributed by atoms with E-state index in [-0.39, 0.29) is 17.6 Å². The van der Waals surface area contributed by atoms with Crippen molar-refractivity contribution >= 4 is 12.0 Å². The third kappa shape index (κ3) is 2.13. The Morgan fingerprint density at radius 2 is 2.19 bits per heavy atom. The zero-order valence-corrected chi connectivity index (χ0v) is 9.62. The van der Waals surface area contributed by atoms with E-state index < -0.39 is 0 Å². The zero-order valence-electron chi connectivity index (χ0n) is 9.62. The Balaban J connectivity index is 1.87. The molecule has 2 heterocycles. The predicted octanol–water partition coefficient (Wildman–Crippen LogP) is 0.887. The van der Waals surface area contributed by atoms with Gasteiger partial charge in [-0.05, 0) is 6.42 Å². The molecule has 16 heavy (non-hydrogen) atoms. The van der Waals surface area contributed by atoms with Crippen LogP contribution >= 0.6 is 0 Å². The van der Waals surface area contributed by atoms with Crippen molar-refractivity contribution in [3.05, 3.63) is 0 Å². The summed E-state index contributed by atoms with van der Waals surface area (Å²) < 4.78 is 5.29. The molecule has 2 aliphatic heterocycles. The lowest BCUT2D eigenvalue weighted by Crippen LogP contribution is -2.48. The maximum absolute atomic E-state index is 11.7. The molecule has 0 radical (unpaired) electrons. The highest BCUT2D eigenvalue weighted by Gasteiger charge is 2.43. The van der Waals surface area contributed by atoms with Crippen molar-refractivity contribution in [2.24, 2.45) is 0 Å². The summed E-state index contributed by atoms with van der Waals surface area (Å²) in [6.45, 7) is 4.00. The Morgan fingerprint density at radius 3 is 2.69 bits per heavy atom. The number of likely N-dealkylation sites (tertiary alicyclic amines) is 1. The minimum absolute atomic E-state index is 0.217. The second-order valence-electron chi connectivity index (χ2n) is 4.56. The van der Waals surface area contributed by atoms with Crippen molar-refractivity contribution in [3.8, 4) is 0 Å². The molecule has 0 aromatic carbocycles. The van der Waals surface area contributed by atoms with Gasteiger partial charge in [0, 0.05) is 32.4 Å². The van der Waals surface area contributed by atoms with Gasteiger partial charge in [-0.1, -0.05) is 6.92 Å². The first-order valence-electron chi connectivity index (χ1n) is 5.90. The number of nitrogens with zero attached hydrogens (tertiary/aromatic N) is 1. The molecule has 5 nitrogen and oxygen atoms in total. The normalized spacial score (nSPS) is 23.1. The van der Waals surface area contributed by atoms with Crippen LogP contribution in [0.15, 0.2) is 0 Å². The average Bonchev–Trinajstić information content (AvgIpc) is 2.61. The zero-order chi connectivity index (χ0) is 11.6. The highest BCUT2D eigenvalue weighted by Crippen LogP contribution is 2.29. The summed E-state index contributed by atoms with van der Waals surface area (Å²) >= 11 is 0. The number of amides is 2. The van der Waals surface area contributed by atoms with Gasteiger partial charge in [0.05, 0.1) is 6.54 Å². The molecule has 0 unspecified atom stereocenters. The summed E-state index contributed by atoms with van der Waals surface area (Å²) in [5, 5.41) is 2.68. The van der Waals surface area contributed by atoms with E-state index in [1.807, 2.05) is 11.8 Å². The second kappa shape index (κ2) is 4.31. The molecule has 2 amide bonds. The smallest absolute Gasteiger partial charge is 0.407 e. The fourth-order valence-electron chi connectivity index (χ4n) is 2.32. The molecule has 0 atom stereocenters. The van der Waals surface area contributed by atoms with Gasteiger partial charge in [-0.3, -0.25) is 4.79 Å². The lowest BCUT2D eigenvalue weighted by molar-refractivity contribution is -0.134. The second-order valence-corrected chi connectivity index (χ2v) is 4.56. The van der Waals surface area contributed by atoms with E-state index in [2.05, 4.69) is 5.32 Å². The van der Waals surface area contributed by atoms with Gasteiger partial charge in [-0.15, -0.1) is 0 Å². The van der Waals surface area contributed by atoms with Crippen molar-refractivity contribution in [1.82, 2.24) is 10.2 Å². The van der Waals surface area contributed by atoms with Crippen LogP contribution in [0, 0.1) is 0 Å². The van der Waals surface area contributed by atoms with Crippen LogP contribution in [0.2, 0.25) is 0 Å². The van der Waals surface area contributed by atoms with Gasteiger partial charge < -0.3 is 15.0 Å². The summed E-state index contributed by atoms with van der Waals surface area (Å²) in [5.74, 6) is 0.217. The summed E-state index contributed by atoms with van der Waals surface area (Å²) in [4.78, 5) is 24.6. The predicted molar refractivity (Wildman–Crippen MR) is 57.9 cm³/mol. The van der Waals surface area contributed by atoms with E-state index in [0.717, 1.165) is 19.3 Å². The van der Waals surface area contributed by atoms with Crippen LogP contribution in [-0.4, -0.2) is 42.1 Å². The molecule has 5 heteroatoms. The third-order valence-electron chi connectivity index (χ3n) is 3.36. The summed E-state index contributed by atoms with van der Waals surface area (Å²) in [6.07, 6.45) is 2.68. The summed E-state index contributed by atoms with van der Waals surface area (Å²) in [6, 6.07) is 0. The van der Waals surface area contributed by atoms with Crippen LogP contribution < -0.4 is 5.32 Å². The van der Waals surface area contributed by atoms with Gasteiger partial charge in [0.15, 0.2) is 0 Å². The number of piperidine rings is 1. The van der Waals surface area contributed by atoms with Crippen molar-refractivity contribution in [2.75, 3.05) is 19.6 Å². The number of carbonyl (C=O) groups is 2. The van der Waals surface area contributed by atoms with E-state index >= 15 is 0 Å². The fourth-order valence-corrected chi connectivity index (χ4v) is 2.32. The van der Waals surface area contributed by atoms with Crippen LogP contribution in [0.1, 0.15) is 32.6 Å². The number of alkyl carbamates (subject to hydrolysis) is 1. The number of ether oxygens (including phenoxy) is 1. The van der Waals surface area contributed by atoms with Crippen molar-refractivity contribution in [2.45, 2.75) is 38.2 Å². The number of nitrogens with one attached hydrogen (secondary N) is 1. The van der Waals surface area contributed by atoms with Crippen molar-refractivity contribution < 1.29 is 14.3 Å². The number of hydrogen-bond acceptors (Lipinski definition) is 3. The van der Waals surface area contributed by atoms with E-state index in [1.165, 1.54) is 0 Å². The quantitative estimate of drug-likeness (QED) is 0.760. The lowest BCUT2D eigenvalue weighted by Gasteiger charge is -2.37. The molecule has 1 spiro atoms. The first-order valence-corrected chi connectivity index (χ1v) is 5.90. The largest absolute Gasteiger partial charge is 0.441 e. The minimum Gasteiger partial charge on any atom is -0.441 e. The van der Waals surface area contributed by atoms with Gasteiger partial charge in [-0.2, -0.15) is 0 Å². The van der Waals surface area contributed by atoms with E-state index in [1.54, 1.807) is 0 Å². The Hall–Kier alpha value is -1.26. The van der Waals surface area contributed by atoms with Crippen molar-refractivity contribution in [1.29, 1.82) is 0 Å². The third-order valence-corrected chi connectivity index (χ3v) is 3.36. The molecule has 90 valence electrons. The maximum Gasteiger partial charge on any atom is 0.407 e. The van der Waals surface area contributed by atoms with E-state index in [0.29, 0.717) is 26.1 Å². The highest BCUT2D eigenvalue weighted by atomic mass is 16.6. The molecule has 1 N–H and O–H groups in total. The number of hydrogen-bond donors (Lipinski definition) is 1. The minimum atomic E-state index is -0.347. The SMILES string of the molecule is CCCC(=O)N1CCC2(CC1)CNC(=O)O2. The Morgan fingerprint density at radius 1 is 1.50 bits per heavy atom. The number of rotatable bonds is 2. The van der Waals surface area contributed by atoms with Crippen LogP contribution in [0.3, 0.4) is 0 Å². The lowest BCUT2D eigenvalue weighted by atomic mass is 9.91. The Labute approximate surface area is 95.1 Å². The van der Waals surface area contributed by atoms with E-state index in [4.69, 9.17) is 4.74 Å². The molecule has 2 fully saturated rings. The van der Waals surface area contributed by atoms with Gasteiger partial charge in [0.1, 0.15) is 5.60 Å². The maximum atomic E-state index is 11.7. The van der Waals surface area contributed by atoms with Crippen molar-refractivity contribution in [3.63, 3.8) is 0 Å². The molecule has 2 rings (SSSR count). The molecular weight excluding hydrogens is 208 g/mol. The average molecular weight is 226 g/mol. The molecule has 0 aromatic rings. The van der Waals surface area contributed by atoms with Crippen LogP contribution in [0.25, 0.3) is 0 Å². The highest BCUT2D eigenvalue weighted by molar-refractivity contribution is 5.76. The Kier molecular flexibility index (Phi) is 3.03.